The van der Waals surface area contributed by atoms with Gasteiger partial charge in [0, 0.05) is 23.6 Å². The highest BCUT2D eigenvalue weighted by molar-refractivity contribution is 6.46. The Bertz CT molecular complexity index is 1470. The number of aromatic amines is 1. The number of furan rings is 1. The number of hydrogen-bond acceptors (Lipinski definition) is 5. The largest absolute Gasteiger partial charge is 0.507 e. The fourth-order valence-corrected chi connectivity index (χ4v) is 5.04. The predicted molar refractivity (Wildman–Crippen MR) is 132 cm³/mol. The number of benzene rings is 2. The summed E-state index contributed by atoms with van der Waals surface area (Å²) in [5, 5.41) is 12.7. The molecule has 1 saturated heterocycles. The minimum absolute atomic E-state index is 0.0659. The van der Waals surface area contributed by atoms with E-state index in [9.17, 15) is 14.7 Å². The van der Waals surface area contributed by atoms with Crippen LogP contribution in [-0.4, -0.2) is 40.3 Å². The van der Waals surface area contributed by atoms with Gasteiger partial charge in [0.15, 0.2) is 0 Å². The van der Waals surface area contributed by atoms with Crippen LogP contribution in [0.4, 0.5) is 0 Å². The zero-order valence-electron chi connectivity index (χ0n) is 19.2. The molecular formula is C27H23ClN2O5. The average Bonchev–Trinajstić information content (AvgIpc) is 3.57. The summed E-state index contributed by atoms with van der Waals surface area (Å²) in [5.41, 5.74) is 2.95. The molecule has 4 aromatic rings. The molecule has 0 saturated carbocycles. The van der Waals surface area contributed by atoms with Gasteiger partial charge < -0.3 is 24.1 Å². The number of ketones is 1. The summed E-state index contributed by atoms with van der Waals surface area (Å²) in [7, 11) is 1.43. The number of amides is 1. The van der Waals surface area contributed by atoms with Gasteiger partial charge in [0.25, 0.3) is 11.7 Å². The smallest absolute Gasteiger partial charge is 0.295 e. The van der Waals surface area contributed by atoms with Gasteiger partial charge in [0.2, 0.25) is 0 Å². The standard InChI is InChI=1S/C27H23ClN2O5/c1-15-12-18(26(34-2)19(28)13-15)24(31)22-23(21-8-5-11-35-21)30(27(33)25(22)32)10-9-16-14-29-20-7-4-3-6-17(16)20/h3-8,11-14,23,29,31H,9-10H2,1-2H3/b24-22-. The number of carbonyl (C=O) groups is 2. The van der Waals surface area contributed by atoms with Crippen molar-refractivity contribution in [3.63, 3.8) is 0 Å². The van der Waals surface area contributed by atoms with Crippen molar-refractivity contribution >= 4 is 40.0 Å². The second kappa shape index (κ2) is 9.00. The molecule has 1 aliphatic heterocycles. The van der Waals surface area contributed by atoms with Crippen LogP contribution in [0.1, 0.15) is 28.5 Å². The van der Waals surface area contributed by atoms with Crippen LogP contribution in [0.2, 0.25) is 5.02 Å². The van der Waals surface area contributed by atoms with Crippen LogP contribution >= 0.6 is 11.6 Å². The molecule has 8 heteroatoms. The molecule has 2 aromatic carbocycles. The molecule has 1 amide bonds. The highest BCUT2D eigenvalue weighted by Gasteiger charge is 2.47. The summed E-state index contributed by atoms with van der Waals surface area (Å²) in [6.07, 6.45) is 3.88. The van der Waals surface area contributed by atoms with Crippen LogP contribution in [0, 0.1) is 6.92 Å². The summed E-state index contributed by atoms with van der Waals surface area (Å²) >= 11 is 6.33. The lowest BCUT2D eigenvalue weighted by Crippen LogP contribution is -2.31. The molecule has 3 heterocycles. The maximum atomic E-state index is 13.2. The molecule has 1 aliphatic rings. The topological polar surface area (TPSA) is 95.8 Å². The molecule has 0 bridgehead atoms. The number of carbonyl (C=O) groups excluding carboxylic acids is 2. The molecule has 1 fully saturated rings. The van der Waals surface area contributed by atoms with Gasteiger partial charge in [-0.2, -0.15) is 0 Å². The predicted octanol–water partition coefficient (Wildman–Crippen LogP) is 5.40. The number of rotatable bonds is 6. The monoisotopic (exact) mass is 490 g/mol. The van der Waals surface area contributed by atoms with E-state index < -0.39 is 17.7 Å². The number of fused-ring (bicyclic) bond motifs is 1. The summed E-state index contributed by atoms with van der Waals surface area (Å²) in [4.78, 5) is 31.1. The van der Waals surface area contributed by atoms with E-state index >= 15 is 0 Å². The molecular weight excluding hydrogens is 468 g/mol. The summed E-state index contributed by atoms with van der Waals surface area (Å²) in [6.45, 7) is 2.06. The Morgan fingerprint density at radius 1 is 1.20 bits per heavy atom. The third-order valence-electron chi connectivity index (χ3n) is 6.30. The van der Waals surface area contributed by atoms with Gasteiger partial charge in [-0.3, -0.25) is 9.59 Å². The molecule has 5 rings (SSSR count). The second-order valence-electron chi connectivity index (χ2n) is 8.44. The van der Waals surface area contributed by atoms with Crippen LogP contribution in [0.5, 0.6) is 5.75 Å². The number of aryl methyl sites for hydroxylation is 1. The number of hydrogen-bond donors (Lipinski definition) is 2. The van der Waals surface area contributed by atoms with Crippen molar-refractivity contribution in [2.45, 2.75) is 19.4 Å². The number of aliphatic hydroxyl groups excluding tert-OH is 1. The Hall–Kier alpha value is -3.97. The molecule has 2 N–H and O–H groups in total. The number of aliphatic hydroxyl groups is 1. The lowest BCUT2D eigenvalue weighted by molar-refractivity contribution is -0.140. The van der Waals surface area contributed by atoms with Gasteiger partial charge in [-0.25, -0.2) is 0 Å². The summed E-state index contributed by atoms with van der Waals surface area (Å²) in [6, 6.07) is 13.7. The Morgan fingerprint density at radius 2 is 2.00 bits per heavy atom. The first kappa shape index (κ1) is 22.8. The number of nitrogens with zero attached hydrogens (tertiary/aromatic N) is 1. The van der Waals surface area contributed by atoms with E-state index in [0.29, 0.717) is 12.2 Å². The van der Waals surface area contributed by atoms with Crippen LogP contribution < -0.4 is 4.74 Å². The third kappa shape index (κ3) is 3.88. The first-order chi connectivity index (χ1) is 16.9. The van der Waals surface area contributed by atoms with Crippen molar-refractivity contribution in [3.05, 3.63) is 94.0 Å². The van der Waals surface area contributed by atoms with Crippen LogP contribution in [0.25, 0.3) is 16.7 Å². The molecule has 2 aromatic heterocycles. The van der Waals surface area contributed by atoms with E-state index in [1.807, 2.05) is 37.4 Å². The molecule has 178 valence electrons. The zero-order valence-corrected chi connectivity index (χ0v) is 19.9. The fourth-order valence-electron chi connectivity index (χ4n) is 4.69. The second-order valence-corrected chi connectivity index (χ2v) is 8.85. The Labute approximate surface area is 206 Å². The van der Waals surface area contributed by atoms with E-state index in [2.05, 4.69) is 4.98 Å². The van der Waals surface area contributed by atoms with Crippen molar-refractivity contribution < 1.29 is 23.8 Å². The van der Waals surface area contributed by atoms with E-state index in [1.54, 1.807) is 24.3 Å². The SMILES string of the molecule is COc1c(Cl)cc(C)cc1/C(O)=C1/C(=O)C(=O)N(CCc2c[nH]c3ccccc23)C1c1ccco1. The Kier molecular flexibility index (Phi) is 5.86. The van der Waals surface area contributed by atoms with Gasteiger partial charge in [0.1, 0.15) is 23.3 Å². The number of para-hydroxylation sites is 1. The first-order valence-corrected chi connectivity index (χ1v) is 11.5. The number of methoxy groups -OCH3 is 1. The van der Waals surface area contributed by atoms with Crippen molar-refractivity contribution in [2.24, 2.45) is 0 Å². The lowest BCUT2D eigenvalue weighted by atomic mass is 9.97. The first-order valence-electron chi connectivity index (χ1n) is 11.1. The normalized spacial score (nSPS) is 17.5. The minimum atomic E-state index is -0.890. The number of aromatic nitrogens is 1. The van der Waals surface area contributed by atoms with Gasteiger partial charge in [-0.05, 0) is 54.8 Å². The quantitative estimate of drug-likeness (QED) is 0.214. The van der Waals surface area contributed by atoms with Gasteiger partial charge in [-0.1, -0.05) is 29.8 Å². The number of halogens is 1. The highest BCUT2D eigenvalue weighted by atomic mass is 35.5. The van der Waals surface area contributed by atoms with E-state index in [1.165, 1.54) is 18.3 Å². The van der Waals surface area contributed by atoms with Crippen LogP contribution in [0.15, 0.2) is 71.0 Å². The number of ether oxygens (including phenoxy) is 1. The van der Waals surface area contributed by atoms with Gasteiger partial charge in [-0.15, -0.1) is 0 Å². The molecule has 35 heavy (non-hydrogen) atoms. The van der Waals surface area contributed by atoms with Gasteiger partial charge in [0.05, 0.1) is 29.5 Å². The maximum Gasteiger partial charge on any atom is 0.295 e. The van der Waals surface area contributed by atoms with E-state index in [0.717, 1.165) is 22.0 Å². The maximum absolute atomic E-state index is 13.2. The van der Waals surface area contributed by atoms with E-state index in [-0.39, 0.29) is 34.2 Å². The number of Topliss-reactive ketones (excluding diaryl/α,β-unsaturated/α-hetero) is 1. The highest BCUT2D eigenvalue weighted by Crippen LogP contribution is 2.43. The average molecular weight is 491 g/mol. The minimum Gasteiger partial charge on any atom is -0.507 e. The zero-order chi connectivity index (χ0) is 24.7. The fraction of sp³-hybridized carbons (Fsp3) is 0.185. The summed E-state index contributed by atoms with van der Waals surface area (Å²) in [5.74, 6) is -1.25. The van der Waals surface area contributed by atoms with Crippen LogP contribution in [-0.2, 0) is 16.0 Å². The molecule has 0 radical (unpaired) electrons. The third-order valence-corrected chi connectivity index (χ3v) is 6.58. The molecule has 7 nitrogen and oxygen atoms in total. The molecule has 1 unspecified atom stereocenters. The number of nitrogens with one attached hydrogen (secondary N) is 1. The Morgan fingerprint density at radius 3 is 2.74 bits per heavy atom. The number of likely N-dealkylation sites (tertiary alicyclic amines) is 1. The van der Waals surface area contributed by atoms with Gasteiger partial charge >= 0.3 is 0 Å². The molecule has 1 atom stereocenters. The molecule has 0 spiro atoms. The molecule has 0 aliphatic carbocycles. The Balaban J connectivity index is 1.59. The van der Waals surface area contributed by atoms with Crippen molar-refractivity contribution in [2.75, 3.05) is 13.7 Å². The van der Waals surface area contributed by atoms with Crippen molar-refractivity contribution in [1.82, 2.24) is 9.88 Å². The van der Waals surface area contributed by atoms with Crippen LogP contribution in [0.3, 0.4) is 0 Å². The lowest BCUT2D eigenvalue weighted by Gasteiger charge is -2.23. The van der Waals surface area contributed by atoms with Crippen molar-refractivity contribution in [1.29, 1.82) is 0 Å². The number of H-pyrrole nitrogens is 1. The van der Waals surface area contributed by atoms with Crippen molar-refractivity contribution in [3.8, 4) is 5.75 Å². The van der Waals surface area contributed by atoms with E-state index in [4.69, 9.17) is 20.8 Å². The summed E-state index contributed by atoms with van der Waals surface area (Å²) < 4.78 is 11.0.